The molecule has 68 valence electrons. The third-order valence-electron chi connectivity index (χ3n) is 2.76. The van der Waals surface area contributed by atoms with Gasteiger partial charge in [-0.15, -0.1) is 0 Å². The van der Waals surface area contributed by atoms with Gasteiger partial charge in [0.05, 0.1) is 0 Å². The van der Waals surface area contributed by atoms with Crippen molar-refractivity contribution in [2.45, 2.75) is 19.3 Å². The Labute approximate surface area is 78.5 Å². The SMILES string of the molecule is C/C(=N/N)[C@H]1C[C@@H]1c1ccccc1. The first kappa shape index (κ1) is 8.30. The van der Waals surface area contributed by atoms with Crippen LogP contribution in [0.25, 0.3) is 0 Å². The summed E-state index contributed by atoms with van der Waals surface area (Å²) in [5, 5.41) is 3.74. The summed E-state index contributed by atoms with van der Waals surface area (Å²) in [5.41, 5.74) is 2.49. The van der Waals surface area contributed by atoms with Crippen LogP contribution in [0.4, 0.5) is 0 Å². The molecule has 1 aromatic carbocycles. The molecule has 0 amide bonds. The monoisotopic (exact) mass is 174 g/mol. The molecular formula is C11H14N2. The molecule has 0 spiro atoms. The molecular weight excluding hydrogens is 160 g/mol. The van der Waals surface area contributed by atoms with Crippen LogP contribution in [-0.4, -0.2) is 5.71 Å². The molecule has 1 aliphatic rings. The molecule has 2 rings (SSSR count). The van der Waals surface area contributed by atoms with E-state index in [0.717, 1.165) is 5.71 Å². The lowest BCUT2D eigenvalue weighted by Crippen LogP contribution is -2.00. The second-order valence-electron chi connectivity index (χ2n) is 3.63. The van der Waals surface area contributed by atoms with E-state index in [9.17, 15) is 0 Å². The lowest BCUT2D eigenvalue weighted by molar-refractivity contribution is 1.03. The smallest absolute Gasteiger partial charge is 0.0382 e. The molecule has 1 aromatic rings. The van der Waals surface area contributed by atoms with E-state index in [1.807, 2.05) is 13.0 Å². The standard InChI is InChI=1S/C11H14N2/c1-8(13-12)10-7-11(10)9-5-3-2-4-6-9/h2-6,10-11H,7,12H2,1H3/b13-8-/t10-,11-/m1/s1. The molecule has 0 unspecified atom stereocenters. The molecule has 0 aromatic heterocycles. The van der Waals surface area contributed by atoms with E-state index in [2.05, 4.69) is 29.4 Å². The molecule has 0 heterocycles. The number of nitrogens with zero attached hydrogens (tertiary/aromatic N) is 1. The fraction of sp³-hybridized carbons (Fsp3) is 0.364. The van der Waals surface area contributed by atoms with Crippen LogP contribution in [0.2, 0.25) is 0 Å². The summed E-state index contributed by atoms with van der Waals surface area (Å²) in [7, 11) is 0. The molecule has 1 fully saturated rings. The Morgan fingerprint density at radius 2 is 2.08 bits per heavy atom. The van der Waals surface area contributed by atoms with Crippen LogP contribution >= 0.6 is 0 Å². The molecule has 1 aliphatic carbocycles. The normalized spacial score (nSPS) is 27.3. The Kier molecular flexibility index (Phi) is 2.05. The second-order valence-corrected chi connectivity index (χ2v) is 3.63. The molecule has 2 N–H and O–H groups in total. The van der Waals surface area contributed by atoms with E-state index >= 15 is 0 Å². The lowest BCUT2D eigenvalue weighted by Gasteiger charge is -1.98. The quantitative estimate of drug-likeness (QED) is 0.416. The number of benzene rings is 1. The predicted octanol–water partition coefficient (Wildman–Crippen LogP) is 2.12. The van der Waals surface area contributed by atoms with Crippen molar-refractivity contribution in [1.29, 1.82) is 0 Å². The van der Waals surface area contributed by atoms with Gasteiger partial charge in [-0.3, -0.25) is 0 Å². The Balaban J connectivity index is 2.09. The Hall–Kier alpha value is -1.31. The number of rotatable bonds is 2. The van der Waals surface area contributed by atoms with Crippen LogP contribution in [0.1, 0.15) is 24.8 Å². The largest absolute Gasteiger partial charge is 0.323 e. The van der Waals surface area contributed by atoms with Crippen molar-refractivity contribution in [3.63, 3.8) is 0 Å². The minimum Gasteiger partial charge on any atom is -0.323 e. The van der Waals surface area contributed by atoms with Gasteiger partial charge in [-0.05, 0) is 24.8 Å². The second kappa shape index (κ2) is 3.21. The van der Waals surface area contributed by atoms with Gasteiger partial charge in [-0.2, -0.15) is 5.10 Å². The van der Waals surface area contributed by atoms with Crippen molar-refractivity contribution in [1.82, 2.24) is 0 Å². The zero-order valence-electron chi connectivity index (χ0n) is 7.77. The van der Waals surface area contributed by atoms with Crippen molar-refractivity contribution >= 4 is 5.71 Å². The molecule has 0 bridgehead atoms. The number of hydrazone groups is 1. The summed E-state index contributed by atoms with van der Waals surface area (Å²) in [6.07, 6.45) is 1.20. The predicted molar refractivity (Wildman–Crippen MR) is 54.6 cm³/mol. The van der Waals surface area contributed by atoms with Gasteiger partial charge in [-0.25, -0.2) is 0 Å². The zero-order valence-corrected chi connectivity index (χ0v) is 7.77. The van der Waals surface area contributed by atoms with Crippen LogP contribution in [0, 0.1) is 5.92 Å². The Morgan fingerprint density at radius 3 is 2.69 bits per heavy atom. The van der Waals surface area contributed by atoms with Crippen molar-refractivity contribution < 1.29 is 0 Å². The van der Waals surface area contributed by atoms with Gasteiger partial charge in [0, 0.05) is 11.6 Å². The first-order valence-corrected chi connectivity index (χ1v) is 4.62. The van der Waals surface area contributed by atoms with Crippen LogP contribution in [-0.2, 0) is 0 Å². The molecule has 2 nitrogen and oxygen atoms in total. The minimum atomic E-state index is 0.590. The maximum Gasteiger partial charge on any atom is 0.0382 e. The highest BCUT2D eigenvalue weighted by molar-refractivity contribution is 5.87. The minimum absolute atomic E-state index is 0.590. The highest BCUT2D eigenvalue weighted by Crippen LogP contribution is 2.47. The van der Waals surface area contributed by atoms with Crippen molar-refractivity contribution in [2.24, 2.45) is 16.9 Å². The zero-order chi connectivity index (χ0) is 9.26. The van der Waals surface area contributed by atoms with E-state index < -0.39 is 0 Å². The number of hydrogen-bond donors (Lipinski definition) is 1. The van der Waals surface area contributed by atoms with Crippen LogP contribution < -0.4 is 5.84 Å². The summed E-state index contributed by atoms with van der Waals surface area (Å²) in [6.45, 7) is 2.01. The van der Waals surface area contributed by atoms with E-state index in [4.69, 9.17) is 5.84 Å². The first-order valence-electron chi connectivity index (χ1n) is 4.62. The highest BCUT2D eigenvalue weighted by atomic mass is 15.1. The Bertz CT molecular complexity index is 316. The van der Waals surface area contributed by atoms with Gasteiger partial charge in [0.25, 0.3) is 0 Å². The number of nitrogens with two attached hydrogens (primary N) is 1. The van der Waals surface area contributed by atoms with Crippen LogP contribution in [0.15, 0.2) is 35.4 Å². The van der Waals surface area contributed by atoms with Crippen LogP contribution in [0.5, 0.6) is 0 Å². The fourth-order valence-corrected chi connectivity index (χ4v) is 1.82. The highest BCUT2D eigenvalue weighted by Gasteiger charge is 2.40. The third-order valence-corrected chi connectivity index (χ3v) is 2.76. The number of hydrogen-bond acceptors (Lipinski definition) is 2. The van der Waals surface area contributed by atoms with Gasteiger partial charge in [0.1, 0.15) is 0 Å². The van der Waals surface area contributed by atoms with Gasteiger partial charge >= 0.3 is 0 Å². The average Bonchev–Trinajstić information content (AvgIpc) is 2.98. The molecule has 0 aliphatic heterocycles. The maximum absolute atomic E-state index is 5.24. The molecule has 0 radical (unpaired) electrons. The summed E-state index contributed by atoms with van der Waals surface area (Å²) in [6, 6.07) is 10.6. The van der Waals surface area contributed by atoms with Crippen molar-refractivity contribution in [3.8, 4) is 0 Å². The summed E-state index contributed by atoms with van der Waals surface area (Å²) in [4.78, 5) is 0. The fourth-order valence-electron chi connectivity index (χ4n) is 1.82. The maximum atomic E-state index is 5.24. The Morgan fingerprint density at radius 1 is 1.38 bits per heavy atom. The van der Waals surface area contributed by atoms with Crippen molar-refractivity contribution in [3.05, 3.63) is 35.9 Å². The van der Waals surface area contributed by atoms with E-state index in [1.165, 1.54) is 12.0 Å². The molecule has 0 saturated heterocycles. The van der Waals surface area contributed by atoms with E-state index in [1.54, 1.807) is 0 Å². The molecule has 2 heteroatoms. The first-order chi connectivity index (χ1) is 6.33. The van der Waals surface area contributed by atoms with Gasteiger partial charge in [0.2, 0.25) is 0 Å². The third kappa shape index (κ3) is 1.57. The average molecular weight is 174 g/mol. The summed E-state index contributed by atoms with van der Waals surface area (Å²) >= 11 is 0. The molecule has 1 saturated carbocycles. The summed E-state index contributed by atoms with van der Waals surface area (Å²) in [5.74, 6) is 6.49. The molecule has 2 atom stereocenters. The van der Waals surface area contributed by atoms with Gasteiger partial charge < -0.3 is 5.84 Å². The topological polar surface area (TPSA) is 38.4 Å². The van der Waals surface area contributed by atoms with E-state index in [0.29, 0.717) is 11.8 Å². The van der Waals surface area contributed by atoms with Crippen LogP contribution in [0.3, 0.4) is 0 Å². The lowest BCUT2D eigenvalue weighted by atomic mass is 10.1. The molecule has 13 heavy (non-hydrogen) atoms. The van der Waals surface area contributed by atoms with E-state index in [-0.39, 0.29) is 0 Å². The van der Waals surface area contributed by atoms with Crippen molar-refractivity contribution in [2.75, 3.05) is 0 Å². The van der Waals surface area contributed by atoms with Gasteiger partial charge in [-0.1, -0.05) is 30.3 Å². The summed E-state index contributed by atoms with van der Waals surface area (Å²) < 4.78 is 0. The van der Waals surface area contributed by atoms with Gasteiger partial charge in [0.15, 0.2) is 0 Å².